The maximum Gasteiger partial charge on any atom is 0.225 e. The summed E-state index contributed by atoms with van der Waals surface area (Å²) in [7, 11) is 2.11. The summed E-state index contributed by atoms with van der Waals surface area (Å²) >= 11 is 0. The third-order valence-corrected chi connectivity index (χ3v) is 5.01. The van der Waals surface area contributed by atoms with Gasteiger partial charge in [0.15, 0.2) is 0 Å². The zero-order valence-electron chi connectivity index (χ0n) is 16.3. The van der Waals surface area contributed by atoms with Gasteiger partial charge in [-0.2, -0.15) is 0 Å². The van der Waals surface area contributed by atoms with E-state index in [-0.39, 0.29) is 17.9 Å². The van der Waals surface area contributed by atoms with Gasteiger partial charge < -0.3 is 11.1 Å². The zero-order valence-corrected chi connectivity index (χ0v) is 16.3. The van der Waals surface area contributed by atoms with Crippen molar-refractivity contribution < 1.29 is 4.79 Å². The van der Waals surface area contributed by atoms with Crippen molar-refractivity contribution in [2.24, 2.45) is 11.7 Å². The summed E-state index contributed by atoms with van der Waals surface area (Å²) in [6.07, 6.45) is 0. The first-order valence-corrected chi connectivity index (χ1v) is 9.25. The van der Waals surface area contributed by atoms with E-state index in [1.807, 2.05) is 49.4 Å². The topological polar surface area (TPSA) is 58.4 Å². The second-order valence-corrected chi connectivity index (χ2v) is 7.22. The standard InChI is InChI=1S/C22H31N3O/c1-16(2)25(4)15-20-13-9-8-12-19(20)14-24-22(26)17(3)21(23)18-10-6-5-7-11-18/h5-13,16-17,21H,14-15,23H2,1-4H3,(H,24,26). The highest BCUT2D eigenvalue weighted by atomic mass is 16.1. The van der Waals surface area contributed by atoms with E-state index < -0.39 is 0 Å². The highest BCUT2D eigenvalue weighted by Gasteiger charge is 2.22. The Kier molecular flexibility index (Phi) is 7.37. The number of nitrogens with zero attached hydrogens (tertiary/aromatic N) is 1. The number of carbonyl (C=O) groups excluding carboxylic acids is 1. The van der Waals surface area contributed by atoms with Gasteiger partial charge in [-0.3, -0.25) is 9.69 Å². The van der Waals surface area contributed by atoms with E-state index in [9.17, 15) is 4.79 Å². The summed E-state index contributed by atoms with van der Waals surface area (Å²) in [5, 5.41) is 3.05. The van der Waals surface area contributed by atoms with Gasteiger partial charge in [-0.15, -0.1) is 0 Å². The van der Waals surface area contributed by atoms with Crippen molar-refractivity contribution in [3.05, 3.63) is 71.3 Å². The van der Waals surface area contributed by atoms with Crippen LogP contribution >= 0.6 is 0 Å². The molecule has 0 heterocycles. The number of nitrogens with two attached hydrogens (primary N) is 1. The molecule has 3 N–H and O–H groups in total. The Labute approximate surface area is 157 Å². The molecule has 0 aromatic heterocycles. The van der Waals surface area contributed by atoms with Gasteiger partial charge in [-0.05, 0) is 37.6 Å². The van der Waals surface area contributed by atoms with E-state index >= 15 is 0 Å². The molecule has 0 saturated carbocycles. The molecule has 2 rings (SSSR count). The lowest BCUT2D eigenvalue weighted by Gasteiger charge is -2.23. The van der Waals surface area contributed by atoms with Gasteiger partial charge in [0.2, 0.25) is 5.91 Å². The second kappa shape index (κ2) is 9.51. The fourth-order valence-corrected chi connectivity index (χ4v) is 2.81. The molecule has 2 atom stereocenters. The van der Waals surface area contributed by atoms with E-state index in [1.165, 1.54) is 5.56 Å². The van der Waals surface area contributed by atoms with Crippen molar-refractivity contribution in [3.63, 3.8) is 0 Å². The van der Waals surface area contributed by atoms with Gasteiger partial charge in [0.05, 0.1) is 5.92 Å². The quantitative estimate of drug-likeness (QED) is 0.764. The molecular weight excluding hydrogens is 322 g/mol. The van der Waals surface area contributed by atoms with Crippen LogP contribution < -0.4 is 11.1 Å². The molecule has 1 amide bonds. The van der Waals surface area contributed by atoms with E-state index in [0.717, 1.165) is 17.7 Å². The van der Waals surface area contributed by atoms with Crippen LogP contribution in [0.25, 0.3) is 0 Å². The summed E-state index contributed by atoms with van der Waals surface area (Å²) in [5.41, 5.74) is 9.64. The van der Waals surface area contributed by atoms with Gasteiger partial charge >= 0.3 is 0 Å². The molecule has 2 aromatic rings. The maximum absolute atomic E-state index is 12.6. The maximum atomic E-state index is 12.6. The molecule has 0 radical (unpaired) electrons. The van der Waals surface area contributed by atoms with E-state index in [4.69, 9.17) is 5.73 Å². The predicted molar refractivity (Wildman–Crippen MR) is 107 cm³/mol. The lowest BCUT2D eigenvalue weighted by molar-refractivity contribution is -0.125. The summed E-state index contributed by atoms with van der Waals surface area (Å²) in [6, 6.07) is 18.2. The van der Waals surface area contributed by atoms with Crippen LogP contribution in [0, 0.1) is 5.92 Å². The van der Waals surface area contributed by atoms with Crippen LogP contribution in [-0.4, -0.2) is 23.9 Å². The van der Waals surface area contributed by atoms with Crippen LogP contribution in [0.5, 0.6) is 0 Å². The van der Waals surface area contributed by atoms with Crippen molar-refractivity contribution in [1.82, 2.24) is 10.2 Å². The predicted octanol–water partition coefficient (Wildman–Crippen LogP) is 3.48. The van der Waals surface area contributed by atoms with Crippen LogP contribution in [0.3, 0.4) is 0 Å². The molecule has 0 bridgehead atoms. The number of hydrogen-bond acceptors (Lipinski definition) is 3. The Morgan fingerprint density at radius 3 is 2.19 bits per heavy atom. The van der Waals surface area contributed by atoms with Crippen molar-refractivity contribution in [2.75, 3.05) is 7.05 Å². The van der Waals surface area contributed by atoms with Gasteiger partial charge in [0.25, 0.3) is 0 Å². The smallest absolute Gasteiger partial charge is 0.225 e. The number of carbonyl (C=O) groups is 1. The zero-order chi connectivity index (χ0) is 19.1. The summed E-state index contributed by atoms with van der Waals surface area (Å²) in [6.45, 7) is 7.62. The van der Waals surface area contributed by atoms with Crippen molar-refractivity contribution >= 4 is 5.91 Å². The molecule has 0 aliphatic carbocycles. The molecule has 4 nitrogen and oxygen atoms in total. The average molecular weight is 354 g/mol. The number of benzene rings is 2. The number of rotatable bonds is 8. The fourth-order valence-electron chi connectivity index (χ4n) is 2.81. The summed E-state index contributed by atoms with van der Waals surface area (Å²) < 4.78 is 0. The Bertz CT molecular complexity index is 700. The minimum atomic E-state index is -0.307. The lowest BCUT2D eigenvalue weighted by Crippen LogP contribution is -2.35. The van der Waals surface area contributed by atoms with Crippen LogP contribution in [0.15, 0.2) is 54.6 Å². The molecule has 0 fully saturated rings. The summed E-state index contributed by atoms with van der Waals surface area (Å²) in [5.74, 6) is -0.309. The largest absolute Gasteiger partial charge is 0.352 e. The first-order valence-electron chi connectivity index (χ1n) is 9.25. The molecule has 2 aromatic carbocycles. The minimum absolute atomic E-state index is 0.0200. The third-order valence-electron chi connectivity index (χ3n) is 5.01. The van der Waals surface area contributed by atoms with E-state index in [0.29, 0.717) is 12.6 Å². The SMILES string of the molecule is CC(C(=O)NCc1ccccc1CN(C)C(C)C)C(N)c1ccccc1. The van der Waals surface area contributed by atoms with Crippen molar-refractivity contribution in [2.45, 2.75) is 45.9 Å². The van der Waals surface area contributed by atoms with Crippen LogP contribution in [-0.2, 0) is 17.9 Å². The Balaban J connectivity index is 1.99. The highest BCUT2D eigenvalue weighted by Crippen LogP contribution is 2.19. The van der Waals surface area contributed by atoms with Crippen LogP contribution in [0.4, 0.5) is 0 Å². The monoisotopic (exact) mass is 353 g/mol. The fraction of sp³-hybridized carbons (Fsp3) is 0.409. The number of hydrogen-bond donors (Lipinski definition) is 2. The van der Waals surface area contributed by atoms with Gasteiger partial charge in [-0.25, -0.2) is 0 Å². The number of nitrogens with one attached hydrogen (secondary N) is 1. The van der Waals surface area contributed by atoms with Gasteiger partial charge in [0.1, 0.15) is 0 Å². The molecule has 26 heavy (non-hydrogen) atoms. The first-order chi connectivity index (χ1) is 12.4. The van der Waals surface area contributed by atoms with Crippen molar-refractivity contribution in [3.8, 4) is 0 Å². The molecule has 0 spiro atoms. The molecule has 4 heteroatoms. The van der Waals surface area contributed by atoms with E-state index in [2.05, 4.69) is 43.2 Å². The molecule has 140 valence electrons. The first kappa shape index (κ1) is 20.1. The van der Waals surface area contributed by atoms with Gasteiger partial charge in [-0.1, -0.05) is 61.5 Å². The van der Waals surface area contributed by atoms with Gasteiger partial charge in [0, 0.05) is 25.2 Å². The second-order valence-electron chi connectivity index (χ2n) is 7.22. The third kappa shape index (κ3) is 5.41. The number of amides is 1. The highest BCUT2D eigenvalue weighted by molar-refractivity contribution is 5.79. The molecule has 0 aliphatic heterocycles. The van der Waals surface area contributed by atoms with Crippen LogP contribution in [0.1, 0.15) is 43.5 Å². The van der Waals surface area contributed by atoms with Crippen LogP contribution in [0.2, 0.25) is 0 Å². The Morgan fingerprint density at radius 1 is 1.00 bits per heavy atom. The molecule has 2 unspecified atom stereocenters. The normalized spacial score (nSPS) is 13.7. The van der Waals surface area contributed by atoms with Crippen molar-refractivity contribution in [1.29, 1.82) is 0 Å². The molecule has 0 saturated heterocycles. The lowest BCUT2D eigenvalue weighted by atomic mass is 9.94. The minimum Gasteiger partial charge on any atom is -0.352 e. The van der Waals surface area contributed by atoms with E-state index in [1.54, 1.807) is 0 Å². The summed E-state index contributed by atoms with van der Waals surface area (Å²) in [4.78, 5) is 14.9. The average Bonchev–Trinajstić information content (AvgIpc) is 2.66. The molecular formula is C22H31N3O. The molecule has 0 aliphatic rings. The Morgan fingerprint density at radius 2 is 1.58 bits per heavy atom. The Hall–Kier alpha value is -2.17.